The molecule has 1 aromatic heterocycles. The van der Waals surface area contributed by atoms with Gasteiger partial charge in [0.15, 0.2) is 0 Å². The number of aryl methyl sites for hydroxylation is 3. The van der Waals surface area contributed by atoms with Gasteiger partial charge in [0.1, 0.15) is 0 Å². The van der Waals surface area contributed by atoms with Crippen molar-refractivity contribution in [1.29, 1.82) is 0 Å². The molecule has 4 heteroatoms. The van der Waals surface area contributed by atoms with Crippen LogP contribution in [0.3, 0.4) is 0 Å². The number of aromatic nitrogens is 2. The summed E-state index contributed by atoms with van der Waals surface area (Å²) in [6, 6.07) is 8.58. The van der Waals surface area contributed by atoms with Crippen LogP contribution in [0, 0.1) is 13.8 Å². The average molecular weight is 292 g/mol. The summed E-state index contributed by atoms with van der Waals surface area (Å²) >= 11 is 6.39. The molecule has 1 heterocycles. The number of halogens is 1. The molecule has 0 saturated carbocycles. The van der Waals surface area contributed by atoms with Crippen molar-refractivity contribution in [1.82, 2.24) is 15.1 Å². The molecule has 1 N–H and O–H groups in total. The van der Waals surface area contributed by atoms with E-state index in [0.717, 1.165) is 29.2 Å². The van der Waals surface area contributed by atoms with Crippen molar-refractivity contribution >= 4 is 11.6 Å². The molecule has 0 aliphatic carbocycles. The lowest BCUT2D eigenvalue weighted by atomic mass is 10.0. The summed E-state index contributed by atoms with van der Waals surface area (Å²) in [5, 5.41) is 8.69. The Labute approximate surface area is 126 Å². The standard InChI is InChI=1S/C16H22ClN3/c1-5-20-13(9-12(3)19-20)10-16(18-4)14-7-6-11(2)8-15(14)17/h6-9,16,18H,5,10H2,1-4H3. The molecule has 0 aliphatic rings. The van der Waals surface area contributed by atoms with Crippen LogP contribution in [-0.4, -0.2) is 16.8 Å². The highest BCUT2D eigenvalue weighted by Crippen LogP contribution is 2.26. The predicted octanol–water partition coefficient (Wildman–Crippen LogP) is 3.68. The van der Waals surface area contributed by atoms with E-state index in [1.165, 1.54) is 11.3 Å². The molecule has 2 aromatic rings. The lowest BCUT2D eigenvalue weighted by Crippen LogP contribution is -2.21. The molecule has 108 valence electrons. The summed E-state index contributed by atoms with van der Waals surface area (Å²) in [5.74, 6) is 0. The fourth-order valence-corrected chi connectivity index (χ4v) is 2.90. The van der Waals surface area contributed by atoms with Crippen LogP contribution in [0.25, 0.3) is 0 Å². The van der Waals surface area contributed by atoms with Gasteiger partial charge in [-0.15, -0.1) is 0 Å². The molecule has 3 nitrogen and oxygen atoms in total. The molecule has 0 amide bonds. The highest BCUT2D eigenvalue weighted by atomic mass is 35.5. The monoisotopic (exact) mass is 291 g/mol. The predicted molar refractivity (Wildman–Crippen MR) is 84.3 cm³/mol. The SMILES string of the molecule is CCn1nc(C)cc1CC(NC)c1ccc(C)cc1Cl. The first-order valence-corrected chi connectivity index (χ1v) is 7.39. The Balaban J connectivity index is 2.28. The van der Waals surface area contributed by atoms with Crippen LogP contribution in [0.5, 0.6) is 0 Å². The van der Waals surface area contributed by atoms with Crippen LogP contribution < -0.4 is 5.32 Å². The molecule has 2 rings (SSSR count). The molecule has 20 heavy (non-hydrogen) atoms. The molecule has 1 unspecified atom stereocenters. The van der Waals surface area contributed by atoms with Gasteiger partial charge in [-0.25, -0.2) is 0 Å². The quantitative estimate of drug-likeness (QED) is 0.911. The van der Waals surface area contributed by atoms with Gasteiger partial charge in [-0.1, -0.05) is 23.7 Å². The lowest BCUT2D eigenvalue weighted by molar-refractivity contribution is 0.541. The van der Waals surface area contributed by atoms with Crippen molar-refractivity contribution in [2.75, 3.05) is 7.05 Å². The lowest BCUT2D eigenvalue weighted by Gasteiger charge is -2.19. The van der Waals surface area contributed by atoms with Gasteiger partial charge in [0, 0.05) is 29.7 Å². The Bertz CT molecular complexity index is 589. The van der Waals surface area contributed by atoms with E-state index in [2.05, 4.69) is 47.1 Å². The first-order chi connectivity index (χ1) is 9.55. The van der Waals surface area contributed by atoms with E-state index in [-0.39, 0.29) is 6.04 Å². The maximum absolute atomic E-state index is 6.39. The van der Waals surface area contributed by atoms with Gasteiger partial charge < -0.3 is 5.32 Å². The third-order valence-electron chi connectivity index (χ3n) is 3.58. The second kappa shape index (κ2) is 6.42. The minimum absolute atomic E-state index is 0.199. The molecule has 0 bridgehead atoms. The number of likely N-dealkylation sites (N-methyl/N-ethyl adjacent to an activating group) is 1. The first-order valence-electron chi connectivity index (χ1n) is 7.01. The van der Waals surface area contributed by atoms with Gasteiger partial charge in [0.2, 0.25) is 0 Å². The van der Waals surface area contributed by atoms with Gasteiger partial charge in [-0.2, -0.15) is 5.10 Å². The van der Waals surface area contributed by atoms with Crippen molar-refractivity contribution in [2.24, 2.45) is 0 Å². The van der Waals surface area contributed by atoms with Crippen LogP contribution in [-0.2, 0) is 13.0 Å². The van der Waals surface area contributed by atoms with Crippen molar-refractivity contribution in [3.8, 4) is 0 Å². The zero-order valence-corrected chi connectivity index (χ0v) is 13.3. The average Bonchev–Trinajstić information content (AvgIpc) is 2.76. The molecule has 0 aliphatic heterocycles. The van der Waals surface area contributed by atoms with Crippen molar-refractivity contribution in [3.63, 3.8) is 0 Å². The third kappa shape index (κ3) is 3.22. The highest BCUT2D eigenvalue weighted by Gasteiger charge is 2.16. The first kappa shape index (κ1) is 15.1. The van der Waals surface area contributed by atoms with Crippen LogP contribution in [0.15, 0.2) is 24.3 Å². The van der Waals surface area contributed by atoms with E-state index in [4.69, 9.17) is 11.6 Å². The van der Waals surface area contributed by atoms with Crippen LogP contribution >= 0.6 is 11.6 Å². The van der Waals surface area contributed by atoms with E-state index in [1.54, 1.807) is 0 Å². The minimum atomic E-state index is 0.199. The van der Waals surface area contributed by atoms with Crippen LogP contribution in [0.4, 0.5) is 0 Å². The normalized spacial score (nSPS) is 12.7. The zero-order chi connectivity index (χ0) is 14.7. The van der Waals surface area contributed by atoms with E-state index in [0.29, 0.717) is 0 Å². The number of nitrogens with one attached hydrogen (secondary N) is 1. The Morgan fingerprint density at radius 3 is 2.65 bits per heavy atom. The maximum Gasteiger partial charge on any atom is 0.0596 e. The number of rotatable bonds is 5. The fraction of sp³-hybridized carbons (Fsp3) is 0.438. The molecule has 1 atom stereocenters. The van der Waals surface area contributed by atoms with E-state index >= 15 is 0 Å². The van der Waals surface area contributed by atoms with Gasteiger partial charge in [-0.3, -0.25) is 4.68 Å². The Morgan fingerprint density at radius 2 is 2.05 bits per heavy atom. The molecule has 0 saturated heterocycles. The molecule has 0 fully saturated rings. The summed E-state index contributed by atoms with van der Waals surface area (Å²) in [5.41, 5.74) is 4.62. The summed E-state index contributed by atoms with van der Waals surface area (Å²) in [4.78, 5) is 0. The third-order valence-corrected chi connectivity index (χ3v) is 3.91. The number of nitrogens with zero attached hydrogens (tertiary/aromatic N) is 2. The minimum Gasteiger partial charge on any atom is -0.313 e. The van der Waals surface area contributed by atoms with Crippen molar-refractivity contribution in [2.45, 2.75) is 39.8 Å². The Morgan fingerprint density at radius 1 is 1.30 bits per heavy atom. The summed E-state index contributed by atoms with van der Waals surface area (Å²) in [6.45, 7) is 7.09. The summed E-state index contributed by atoms with van der Waals surface area (Å²) < 4.78 is 2.06. The van der Waals surface area contributed by atoms with Crippen molar-refractivity contribution in [3.05, 3.63) is 51.8 Å². The number of hydrogen-bond acceptors (Lipinski definition) is 2. The van der Waals surface area contributed by atoms with Gasteiger partial charge in [-0.05, 0) is 51.1 Å². The van der Waals surface area contributed by atoms with Gasteiger partial charge in [0.25, 0.3) is 0 Å². The largest absolute Gasteiger partial charge is 0.313 e. The van der Waals surface area contributed by atoms with E-state index in [1.807, 2.05) is 20.0 Å². The van der Waals surface area contributed by atoms with E-state index < -0.39 is 0 Å². The summed E-state index contributed by atoms with van der Waals surface area (Å²) in [7, 11) is 1.97. The molecule has 0 radical (unpaired) electrons. The fourth-order valence-electron chi connectivity index (χ4n) is 2.53. The Hall–Kier alpha value is -1.32. The highest BCUT2D eigenvalue weighted by molar-refractivity contribution is 6.31. The van der Waals surface area contributed by atoms with Gasteiger partial charge in [0.05, 0.1) is 5.69 Å². The molecule has 1 aromatic carbocycles. The smallest absolute Gasteiger partial charge is 0.0596 e. The maximum atomic E-state index is 6.39. The van der Waals surface area contributed by atoms with Gasteiger partial charge >= 0.3 is 0 Å². The van der Waals surface area contributed by atoms with E-state index in [9.17, 15) is 0 Å². The second-order valence-corrected chi connectivity index (χ2v) is 5.57. The van der Waals surface area contributed by atoms with Crippen molar-refractivity contribution < 1.29 is 0 Å². The number of benzene rings is 1. The topological polar surface area (TPSA) is 29.9 Å². The molecular weight excluding hydrogens is 270 g/mol. The Kier molecular flexibility index (Phi) is 4.84. The molecule has 0 spiro atoms. The number of hydrogen-bond donors (Lipinski definition) is 1. The second-order valence-electron chi connectivity index (χ2n) is 5.16. The molecular formula is C16H22ClN3. The zero-order valence-electron chi connectivity index (χ0n) is 12.6. The summed E-state index contributed by atoms with van der Waals surface area (Å²) in [6.07, 6.45) is 0.883. The van der Waals surface area contributed by atoms with Crippen LogP contribution in [0.2, 0.25) is 5.02 Å². The van der Waals surface area contributed by atoms with Crippen LogP contribution in [0.1, 0.15) is 35.5 Å².